The molecule has 13 heavy (non-hydrogen) atoms. The van der Waals surface area contributed by atoms with Crippen molar-refractivity contribution in [1.82, 2.24) is 4.90 Å². The molecule has 0 radical (unpaired) electrons. The minimum Gasteiger partial charge on any atom is -0.357 e. The number of unbranched alkanes of at least 4 members (excludes halogenated alkanes) is 1. The maximum absolute atomic E-state index is 8.04. The summed E-state index contributed by atoms with van der Waals surface area (Å²) in [5, 5.41) is 8.04. The average Bonchev–Trinajstić information content (AvgIpc) is 2.98. The van der Waals surface area contributed by atoms with Crippen molar-refractivity contribution in [2.24, 2.45) is 5.92 Å². The molecule has 0 amide bonds. The van der Waals surface area contributed by atoms with Crippen LogP contribution in [0.4, 0.5) is 0 Å². The summed E-state index contributed by atoms with van der Waals surface area (Å²) >= 11 is 0. The topological polar surface area (TPSA) is 27.1 Å². The Morgan fingerprint density at radius 3 is 2.46 bits per heavy atom. The maximum atomic E-state index is 8.04. The van der Waals surface area contributed by atoms with Gasteiger partial charge in [0.2, 0.25) is 0 Å². The molecule has 2 rings (SSSR count). The summed E-state index contributed by atoms with van der Waals surface area (Å²) in [5.41, 5.74) is 0. The lowest BCUT2D eigenvalue weighted by Gasteiger charge is -2.24. The predicted molar refractivity (Wildman–Crippen MR) is 55.1 cm³/mol. The van der Waals surface area contributed by atoms with Crippen molar-refractivity contribution in [1.29, 1.82) is 5.41 Å². The third-order valence-electron chi connectivity index (χ3n) is 3.01. The molecular weight excluding hydrogens is 160 g/mol. The van der Waals surface area contributed by atoms with Crippen molar-refractivity contribution in [3.8, 4) is 0 Å². The zero-order valence-corrected chi connectivity index (χ0v) is 8.55. The van der Waals surface area contributed by atoms with E-state index in [0.29, 0.717) is 5.92 Å². The van der Waals surface area contributed by atoms with Crippen LogP contribution in [0.3, 0.4) is 0 Å². The van der Waals surface area contributed by atoms with E-state index in [1.165, 1.54) is 38.5 Å². The zero-order valence-electron chi connectivity index (χ0n) is 8.55. The molecule has 0 aromatic heterocycles. The van der Waals surface area contributed by atoms with E-state index in [2.05, 4.69) is 11.8 Å². The van der Waals surface area contributed by atoms with Gasteiger partial charge in [-0.3, -0.25) is 5.41 Å². The molecule has 0 aromatic rings. The molecule has 0 bridgehead atoms. The number of nitrogens with zero attached hydrogens (tertiary/aromatic N) is 1. The van der Waals surface area contributed by atoms with Gasteiger partial charge in [0.15, 0.2) is 0 Å². The van der Waals surface area contributed by atoms with Crippen molar-refractivity contribution in [3.05, 3.63) is 0 Å². The van der Waals surface area contributed by atoms with Crippen LogP contribution in [0.2, 0.25) is 0 Å². The highest BCUT2D eigenvalue weighted by Crippen LogP contribution is 2.36. The second-order valence-corrected chi connectivity index (χ2v) is 4.44. The predicted octanol–water partition coefficient (Wildman–Crippen LogP) is 2.64. The first-order chi connectivity index (χ1) is 6.33. The molecule has 2 nitrogen and oxygen atoms in total. The molecule has 0 aliphatic heterocycles. The molecule has 2 fully saturated rings. The van der Waals surface area contributed by atoms with Gasteiger partial charge in [-0.25, -0.2) is 0 Å². The summed E-state index contributed by atoms with van der Waals surface area (Å²) in [4.78, 5) is 2.38. The Hall–Kier alpha value is -0.530. The quantitative estimate of drug-likeness (QED) is 0.511. The summed E-state index contributed by atoms with van der Waals surface area (Å²) in [6.45, 7) is 3.36. The molecule has 2 aliphatic carbocycles. The summed E-state index contributed by atoms with van der Waals surface area (Å²) in [6.07, 6.45) is 7.72. The van der Waals surface area contributed by atoms with Gasteiger partial charge < -0.3 is 4.90 Å². The maximum Gasteiger partial charge on any atom is 0.0992 e. The lowest BCUT2D eigenvalue weighted by atomic mass is 10.2. The van der Waals surface area contributed by atoms with Crippen LogP contribution in [-0.2, 0) is 0 Å². The molecule has 2 aliphatic rings. The van der Waals surface area contributed by atoms with Gasteiger partial charge in [-0.2, -0.15) is 0 Å². The number of nitrogens with one attached hydrogen (secondary N) is 1. The fourth-order valence-electron chi connectivity index (χ4n) is 1.81. The van der Waals surface area contributed by atoms with Crippen LogP contribution < -0.4 is 0 Å². The molecule has 0 saturated heterocycles. The normalized spacial score (nSPS) is 21.6. The van der Waals surface area contributed by atoms with Crippen molar-refractivity contribution < 1.29 is 0 Å². The first kappa shape index (κ1) is 9.04. The van der Waals surface area contributed by atoms with Crippen LogP contribution in [0.5, 0.6) is 0 Å². The van der Waals surface area contributed by atoms with Gasteiger partial charge in [0.1, 0.15) is 0 Å². The highest BCUT2D eigenvalue weighted by Gasteiger charge is 2.36. The Morgan fingerprint density at radius 2 is 2.00 bits per heavy atom. The Balaban J connectivity index is 1.83. The van der Waals surface area contributed by atoms with E-state index in [1.807, 2.05) is 0 Å². The molecule has 2 saturated carbocycles. The fraction of sp³-hybridized carbons (Fsp3) is 0.909. The summed E-state index contributed by atoms with van der Waals surface area (Å²) < 4.78 is 0. The Morgan fingerprint density at radius 1 is 1.31 bits per heavy atom. The Kier molecular flexibility index (Phi) is 2.56. The molecule has 1 N–H and O–H groups in total. The highest BCUT2D eigenvalue weighted by molar-refractivity contribution is 5.84. The van der Waals surface area contributed by atoms with E-state index in [4.69, 9.17) is 5.41 Å². The van der Waals surface area contributed by atoms with Crippen molar-refractivity contribution in [3.63, 3.8) is 0 Å². The van der Waals surface area contributed by atoms with E-state index < -0.39 is 0 Å². The summed E-state index contributed by atoms with van der Waals surface area (Å²) in [7, 11) is 0. The minimum atomic E-state index is 0.637. The third-order valence-corrected chi connectivity index (χ3v) is 3.01. The number of amidine groups is 1. The van der Waals surface area contributed by atoms with E-state index in [0.717, 1.165) is 18.4 Å². The van der Waals surface area contributed by atoms with Crippen LogP contribution in [0, 0.1) is 11.3 Å². The van der Waals surface area contributed by atoms with Crippen molar-refractivity contribution >= 4 is 5.84 Å². The molecule has 2 heteroatoms. The van der Waals surface area contributed by atoms with Crippen LogP contribution >= 0.6 is 0 Å². The van der Waals surface area contributed by atoms with Crippen LogP contribution in [0.25, 0.3) is 0 Å². The molecule has 0 unspecified atom stereocenters. The second-order valence-electron chi connectivity index (χ2n) is 4.44. The SMILES string of the molecule is CCCCN(C(=N)C1CC1)C1CC1. The van der Waals surface area contributed by atoms with E-state index in [9.17, 15) is 0 Å². The molecule has 0 atom stereocenters. The molecule has 0 spiro atoms. The van der Waals surface area contributed by atoms with E-state index >= 15 is 0 Å². The first-order valence-corrected chi connectivity index (χ1v) is 5.68. The molecule has 74 valence electrons. The van der Waals surface area contributed by atoms with Gasteiger partial charge in [0.05, 0.1) is 5.84 Å². The van der Waals surface area contributed by atoms with E-state index in [1.54, 1.807) is 0 Å². The standard InChI is InChI=1S/C11H20N2/c1-2-3-8-13(10-6-7-10)11(12)9-4-5-9/h9-10,12H,2-8H2,1H3. The van der Waals surface area contributed by atoms with Crippen molar-refractivity contribution in [2.75, 3.05) is 6.54 Å². The molecular formula is C11H20N2. The third kappa shape index (κ3) is 2.23. The summed E-state index contributed by atoms with van der Waals surface area (Å²) in [6, 6.07) is 0.750. The van der Waals surface area contributed by atoms with E-state index in [-0.39, 0.29) is 0 Å². The van der Waals surface area contributed by atoms with Crippen LogP contribution in [-0.4, -0.2) is 23.3 Å². The number of rotatable bonds is 5. The lowest BCUT2D eigenvalue weighted by Crippen LogP contribution is -2.34. The molecule has 0 heterocycles. The smallest absolute Gasteiger partial charge is 0.0992 e. The van der Waals surface area contributed by atoms with Crippen molar-refractivity contribution in [2.45, 2.75) is 51.5 Å². The fourth-order valence-corrected chi connectivity index (χ4v) is 1.81. The largest absolute Gasteiger partial charge is 0.357 e. The highest BCUT2D eigenvalue weighted by atomic mass is 15.2. The monoisotopic (exact) mass is 180 g/mol. The Bertz CT molecular complexity index is 192. The van der Waals surface area contributed by atoms with Gasteiger partial charge in [-0.15, -0.1) is 0 Å². The first-order valence-electron chi connectivity index (χ1n) is 5.68. The van der Waals surface area contributed by atoms with Crippen LogP contribution in [0.1, 0.15) is 45.4 Å². The second kappa shape index (κ2) is 3.69. The lowest BCUT2D eigenvalue weighted by molar-refractivity contribution is 0.386. The van der Waals surface area contributed by atoms with Gasteiger partial charge >= 0.3 is 0 Å². The minimum absolute atomic E-state index is 0.637. The zero-order chi connectivity index (χ0) is 9.26. The van der Waals surface area contributed by atoms with Gasteiger partial charge in [-0.1, -0.05) is 13.3 Å². The molecule has 0 aromatic carbocycles. The average molecular weight is 180 g/mol. The van der Waals surface area contributed by atoms with Gasteiger partial charge in [0, 0.05) is 18.5 Å². The Labute approximate surface area is 80.8 Å². The number of hydrogen-bond donors (Lipinski definition) is 1. The summed E-state index contributed by atoms with van der Waals surface area (Å²) in [5.74, 6) is 1.59. The number of hydrogen-bond acceptors (Lipinski definition) is 1. The van der Waals surface area contributed by atoms with Crippen LogP contribution in [0.15, 0.2) is 0 Å². The van der Waals surface area contributed by atoms with Gasteiger partial charge in [0.25, 0.3) is 0 Å². The van der Waals surface area contributed by atoms with Gasteiger partial charge in [-0.05, 0) is 32.1 Å².